The lowest BCUT2D eigenvalue weighted by atomic mass is 10.00. The molecule has 1 aromatic heterocycles. The van der Waals surface area contributed by atoms with Crippen LogP contribution in [-0.2, 0) is 0 Å². The second-order valence-electron chi connectivity index (χ2n) is 4.35. The van der Waals surface area contributed by atoms with Crippen molar-refractivity contribution in [3.8, 4) is 0 Å². The fourth-order valence-corrected chi connectivity index (χ4v) is 2.09. The Balaban J connectivity index is 2.79. The predicted octanol–water partition coefficient (Wildman–Crippen LogP) is 4.10. The number of hydrogen-bond donors (Lipinski definition) is 1. The number of carbonyl (C=O) groups is 1. The molecule has 0 bridgehead atoms. The predicted molar refractivity (Wildman–Crippen MR) is 72.4 cm³/mol. The number of aromatic carboxylic acids is 1. The molecule has 1 atom stereocenters. The van der Waals surface area contributed by atoms with Crippen LogP contribution in [0.25, 0.3) is 10.9 Å². The van der Waals surface area contributed by atoms with Gasteiger partial charge in [-0.25, -0.2) is 4.79 Å². The van der Waals surface area contributed by atoms with Crippen LogP contribution in [0.4, 0.5) is 0 Å². The van der Waals surface area contributed by atoms with Crippen molar-refractivity contribution in [2.75, 3.05) is 0 Å². The quantitative estimate of drug-likeness (QED) is 0.907. The Labute approximate surface area is 110 Å². The van der Waals surface area contributed by atoms with E-state index in [2.05, 4.69) is 4.98 Å². The van der Waals surface area contributed by atoms with E-state index in [9.17, 15) is 9.90 Å². The van der Waals surface area contributed by atoms with Crippen LogP contribution in [0.1, 0.15) is 42.2 Å². The number of rotatable bonds is 3. The van der Waals surface area contributed by atoms with E-state index in [4.69, 9.17) is 11.6 Å². The van der Waals surface area contributed by atoms with Gasteiger partial charge in [0, 0.05) is 11.1 Å². The monoisotopic (exact) mass is 263 g/mol. The molecule has 1 aromatic carbocycles. The fourth-order valence-electron chi connectivity index (χ4n) is 1.87. The molecule has 0 aliphatic heterocycles. The molecule has 3 nitrogen and oxygen atoms in total. The third kappa shape index (κ3) is 2.18. The molecular weight excluding hydrogens is 250 g/mol. The molecule has 2 rings (SSSR count). The molecule has 2 aromatic rings. The van der Waals surface area contributed by atoms with Crippen LogP contribution in [0.5, 0.6) is 0 Å². The molecule has 0 aliphatic carbocycles. The maximum absolute atomic E-state index is 11.3. The second kappa shape index (κ2) is 4.94. The van der Waals surface area contributed by atoms with Crippen molar-refractivity contribution in [2.24, 2.45) is 0 Å². The normalized spacial score (nSPS) is 12.6. The SMILES string of the molecule is CCC(C)c1cc(C(=O)O)c2cccc(Cl)c2n1. The zero-order chi connectivity index (χ0) is 13.3. The van der Waals surface area contributed by atoms with Crippen molar-refractivity contribution >= 4 is 28.5 Å². The summed E-state index contributed by atoms with van der Waals surface area (Å²) in [6.07, 6.45) is 0.905. The Morgan fingerprint density at radius 3 is 2.83 bits per heavy atom. The summed E-state index contributed by atoms with van der Waals surface area (Å²) < 4.78 is 0. The van der Waals surface area contributed by atoms with Gasteiger partial charge < -0.3 is 5.11 Å². The summed E-state index contributed by atoms with van der Waals surface area (Å²) in [6, 6.07) is 6.85. The minimum atomic E-state index is -0.950. The van der Waals surface area contributed by atoms with Gasteiger partial charge in [0.1, 0.15) is 0 Å². The lowest BCUT2D eigenvalue weighted by Gasteiger charge is -2.12. The number of aromatic nitrogens is 1. The first-order valence-electron chi connectivity index (χ1n) is 5.87. The molecule has 1 N–H and O–H groups in total. The van der Waals surface area contributed by atoms with Crippen molar-refractivity contribution in [3.05, 3.63) is 40.5 Å². The first kappa shape index (κ1) is 12.8. The molecule has 0 fully saturated rings. The first-order valence-corrected chi connectivity index (χ1v) is 6.24. The van der Waals surface area contributed by atoms with Crippen molar-refractivity contribution in [3.63, 3.8) is 0 Å². The van der Waals surface area contributed by atoms with Gasteiger partial charge in [0.2, 0.25) is 0 Å². The van der Waals surface area contributed by atoms with Gasteiger partial charge in [0.05, 0.1) is 16.1 Å². The first-order chi connectivity index (χ1) is 8.54. The molecule has 0 aliphatic rings. The summed E-state index contributed by atoms with van der Waals surface area (Å²) in [5.74, 6) is -0.738. The minimum absolute atomic E-state index is 0.212. The Morgan fingerprint density at radius 1 is 1.50 bits per heavy atom. The number of carboxylic acids is 1. The van der Waals surface area contributed by atoms with Gasteiger partial charge in [0.25, 0.3) is 0 Å². The minimum Gasteiger partial charge on any atom is -0.478 e. The van der Waals surface area contributed by atoms with Gasteiger partial charge in [-0.2, -0.15) is 0 Å². The number of fused-ring (bicyclic) bond motifs is 1. The molecule has 4 heteroatoms. The van der Waals surface area contributed by atoms with E-state index in [0.29, 0.717) is 15.9 Å². The number of nitrogens with zero attached hydrogens (tertiary/aromatic N) is 1. The summed E-state index contributed by atoms with van der Waals surface area (Å²) in [7, 11) is 0. The summed E-state index contributed by atoms with van der Waals surface area (Å²) in [5, 5.41) is 10.4. The third-order valence-corrected chi connectivity index (χ3v) is 3.46. The number of pyridine rings is 1. The fraction of sp³-hybridized carbons (Fsp3) is 0.286. The average Bonchev–Trinajstić information content (AvgIpc) is 2.37. The molecule has 18 heavy (non-hydrogen) atoms. The van der Waals surface area contributed by atoms with Gasteiger partial charge in [-0.15, -0.1) is 0 Å². The molecular formula is C14H14ClNO2. The Bertz CT molecular complexity index is 610. The van der Waals surface area contributed by atoms with E-state index in [1.54, 1.807) is 24.3 Å². The van der Waals surface area contributed by atoms with Gasteiger partial charge in [-0.05, 0) is 24.5 Å². The van der Waals surface area contributed by atoms with E-state index < -0.39 is 5.97 Å². The zero-order valence-electron chi connectivity index (χ0n) is 10.3. The van der Waals surface area contributed by atoms with Crippen molar-refractivity contribution in [2.45, 2.75) is 26.2 Å². The topological polar surface area (TPSA) is 50.2 Å². The Kier molecular flexibility index (Phi) is 3.53. The molecule has 1 unspecified atom stereocenters. The van der Waals surface area contributed by atoms with E-state index >= 15 is 0 Å². The number of para-hydroxylation sites is 1. The van der Waals surface area contributed by atoms with Gasteiger partial charge in [0.15, 0.2) is 0 Å². The smallest absolute Gasteiger partial charge is 0.336 e. The van der Waals surface area contributed by atoms with E-state index in [1.807, 2.05) is 13.8 Å². The zero-order valence-corrected chi connectivity index (χ0v) is 11.0. The molecule has 0 radical (unpaired) electrons. The van der Waals surface area contributed by atoms with Crippen LogP contribution in [0.2, 0.25) is 5.02 Å². The highest BCUT2D eigenvalue weighted by Gasteiger charge is 2.15. The lowest BCUT2D eigenvalue weighted by molar-refractivity contribution is 0.0699. The van der Waals surface area contributed by atoms with Crippen LogP contribution in [-0.4, -0.2) is 16.1 Å². The maximum atomic E-state index is 11.3. The van der Waals surface area contributed by atoms with Gasteiger partial charge in [-0.3, -0.25) is 4.98 Å². The summed E-state index contributed by atoms with van der Waals surface area (Å²) in [6.45, 7) is 4.07. The highest BCUT2D eigenvalue weighted by molar-refractivity contribution is 6.35. The van der Waals surface area contributed by atoms with Crippen LogP contribution in [0.15, 0.2) is 24.3 Å². The van der Waals surface area contributed by atoms with Gasteiger partial charge >= 0.3 is 5.97 Å². The number of benzene rings is 1. The Hall–Kier alpha value is -1.61. The van der Waals surface area contributed by atoms with Crippen LogP contribution < -0.4 is 0 Å². The average molecular weight is 264 g/mol. The number of carboxylic acid groups (broad SMARTS) is 1. The van der Waals surface area contributed by atoms with Crippen molar-refractivity contribution in [1.29, 1.82) is 0 Å². The van der Waals surface area contributed by atoms with E-state index in [0.717, 1.165) is 12.1 Å². The third-order valence-electron chi connectivity index (χ3n) is 3.16. The standard InChI is InChI=1S/C14H14ClNO2/c1-3-8(2)12-7-10(14(17)18)9-5-4-6-11(15)13(9)16-12/h4-8H,3H2,1-2H3,(H,17,18). The largest absolute Gasteiger partial charge is 0.478 e. The van der Waals surface area contributed by atoms with Crippen LogP contribution in [0.3, 0.4) is 0 Å². The summed E-state index contributed by atoms with van der Waals surface area (Å²) in [4.78, 5) is 15.8. The lowest BCUT2D eigenvalue weighted by Crippen LogP contribution is -2.04. The summed E-state index contributed by atoms with van der Waals surface area (Å²) >= 11 is 6.10. The highest BCUT2D eigenvalue weighted by Crippen LogP contribution is 2.28. The van der Waals surface area contributed by atoms with Crippen LogP contribution >= 0.6 is 11.6 Å². The molecule has 0 amide bonds. The van der Waals surface area contributed by atoms with Crippen LogP contribution in [0, 0.1) is 0 Å². The Morgan fingerprint density at radius 2 is 2.22 bits per heavy atom. The molecule has 0 saturated carbocycles. The van der Waals surface area contributed by atoms with E-state index in [-0.39, 0.29) is 11.5 Å². The molecule has 0 spiro atoms. The number of hydrogen-bond acceptors (Lipinski definition) is 2. The highest BCUT2D eigenvalue weighted by atomic mass is 35.5. The molecule has 94 valence electrons. The van der Waals surface area contributed by atoms with Gasteiger partial charge in [-0.1, -0.05) is 37.6 Å². The van der Waals surface area contributed by atoms with E-state index in [1.165, 1.54) is 0 Å². The second-order valence-corrected chi connectivity index (χ2v) is 4.75. The maximum Gasteiger partial charge on any atom is 0.336 e. The van der Waals surface area contributed by atoms with Crippen molar-refractivity contribution in [1.82, 2.24) is 4.98 Å². The van der Waals surface area contributed by atoms with Crippen molar-refractivity contribution < 1.29 is 9.90 Å². The molecule has 1 heterocycles. The number of halogens is 1. The molecule has 0 saturated heterocycles. The summed E-state index contributed by atoms with van der Waals surface area (Å²) in [5.41, 5.74) is 1.60.